The third-order valence-corrected chi connectivity index (χ3v) is 5.06. The molecule has 0 bridgehead atoms. The van der Waals surface area contributed by atoms with Crippen LogP contribution >= 0.6 is 12.4 Å². The number of sulfonamides is 1. The van der Waals surface area contributed by atoms with Gasteiger partial charge in [0.1, 0.15) is 5.82 Å². The lowest BCUT2D eigenvalue weighted by Crippen LogP contribution is -2.28. The van der Waals surface area contributed by atoms with E-state index in [-0.39, 0.29) is 25.0 Å². The van der Waals surface area contributed by atoms with E-state index in [0.717, 1.165) is 19.5 Å². The van der Waals surface area contributed by atoms with Crippen LogP contribution in [0.15, 0.2) is 23.1 Å². The molecular formula is C13H17ClF4N2O2S. The highest BCUT2D eigenvalue weighted by Crippen LogP contribution is 2.34. The lowest BCUT2D eigenvalue weighted by Gasteiger charge is -2.15. The first-order valence-electron chi connectivity index (χ1n) is 6.77. The fourth-order valence-corrected chi connectivity index (χ4v) is 3.65. The van der Waals surface area contributed by atoms with E-state index in [4.69, 9.17) is 0 Å². The van der Waals surface area contributed by atoms with Crippen molar-refractivity contribution in [3.05, 3.63) is 29.6 Å². The zero-order chi connectivity index (χ0) is 16.4. The van der Waals surface area contributed by atoms with Crippen LogP contribution in [0, 0.1) is 11.7 Å². The first-order chi connectivity index (χ1) is 10.2. The molecule has 1 heterocycles. The van der Waals surface area contributed by atoms with E-state index in [2.05, 4.69) is 10.0 Å². The molecular weight excluding hydrogens is 360 g/mol. The molecule has 1 fully saturated rings. The highest BCUT2D eigenvalue weighted by molar-refractivity contribution is 7.89. The van der Waals surface area contributed by atoms with Crippen molar-refractivity contribution in [3.8, 4) is 0 Å². The van der Waals surface area contributed by atoms with Gasteiger partial charge >= 0.3 is 6.18 Å². The second kappa shape index (κ2) is 7.78. The van der Waals surface area contributed by atoms with Crippen molar-refractivity contribution in [2.45, 2.75) is 23.9 Å². The predicted octanol–water partition coefficient (Wildman–Crippen LogP) is 2.54. The third-order valence-electron chi connectivity index (χ3n) is 3.54. The van der Waals surface area contributed by atoms with Gasteiger partial charge in [-0.25, -0.2) is 17.5 Å². The van der Waals surface area contributed by atoms with Gasteiger partial charge in [-0.15, -0.1) is 12.4 Å². The zero-order valence-corrected chi connectivity index (χ0v) is 13.6. The number of hydrogen-bond acceptors (Lipinski definition) is 3. The molecule has 2 N–H and O–H groups in total. The van der Waals surface area contributed by atoms with E-state index in [1.165, 1.54) is 0 Å². The molecule has 0 saturated carbocycles. The van der Waals surface area contributed by atoms with E-state index in [1.54, 1.807) is 0 Å². The maximum absolute atomic E-state index is 13.0. The molecule has 0 aliphatic carbocycles. The maximum Gasteiger partial charge on any atom is 0.417 e. The lowest BCUT2D eigenvalue weighted by molar-refractivity contribution is -0.140. The van der Waals surface area contributed by atoms with Crippen molar-refractivity contribution in [1.82, 2.24) is 10.0 Å². The monoisotopic (exact) mass is 376 g/mol. The molecule has 2 rings (SSSR count). The SMILES string of the molecule is Cl.O=S(=O)(NCCC1CCNC1)c1ccc(F)cc1C(F)(F)F. The Morgan fingerprint density at radius 3 is 2.57 bits per heavy atom. The lowest BCUT2D eigenvalue weighted by atomic mass is 10.1. The van der Waals surface area contributed by atoms with Gasteiger partial charge in [-0.05, 0) is 50.0 Å². The average molecular weight is 377 g/mol. The Bertz CT molecular complexity index is 631. The van der Waals surface area contributed by atoms with Crippen LogP contribution in [0.5, 0.6) is 0 Å². The van der Waals surface area contributed by atoms with Crippen molar-refractivity contribution >= 4 is 22.4 Å². The largest absolute Gasteiger partial charge is 0.417 e. The van der Waals surface area contributed by atoms with Gasteiger partial charge < -0.3 is 5.32 Å². The Morgan fingerprint density at radius 1 is 1.30 bits per heavy atom. The van der Waals surface area contributed by atoms with E-state index in [9.17, 15) is 26.0 Å². The predicted molar refractivity (Wildman–Crippen MR) is 79.4 cm³/mol. The van der Waals surface area contributed by atoms with Gasteiger partial charge in [0, 0.05) is 6.54 Å². The number of rotatable bonds is 5. The zero-order valence-electron chi connectivity index (χ0n) is 12.0. The minimum atomic E-state index is -4.94. The van der Waals surface area contributed by atoms with Gasteiger partial charge in [-0.3, -0.25) is 0 Å². The van der Waals surface area contributed by atoms with Gasteiger partial charge in [0.15, 0.2) is 0 Å². The minimum Gasteiger partial charge on any atom is -0.316 e. The van der Waals surface area contributed by atoms with Crippen LogP contribution in [-0.2, 0) is 16.2 Å². The molecule has 132 valence electrons. The second-order valence-corrected chi connectivity index (χ2v) is 6.92. The maximum atomic E-state index is 13.0. The summed E-state index contributed by atoms with van der Waals surface area (Å²) in [6.45, 7) is 1.67. The summed E-state index contributed by atoms with van der Waals surface area (Å²) < 4.78 is 77.8. The van der Waals surface area contributed by atoms with Crippen LogP contribution < -0.4 is 10.0 Å². The van der Waals surface area contributed by atoms with Crippen molar-refractivity contribution in [2.75, 3.05) is 19.6 Å². The van der Waals surface area contributed by atoms with E-state index >= 15 is 0 Å². The van der Waals surface area contributed by atoms with Crippen LogP contribution in [-0.4, -0.2) is 28.1 Å². The summed E-state index contributed by atoms with van der Waals surface area (Å²) in [5.41, 5.74) is -1.50. The molecule has 1 aromatic rings. The molecule has 1 unspecified atom stereocenters. The van der Waals surface area contributed by atoms with Crippen LogP contribution in [0.2, 0.25) is 0 Å². The smallest absolute Gasteiger partial charge is 0.316 e. The molecule has 0 radical (unpaired) electrons. The summed E-state index contributed by atoms with van der Waals surface area (Å²) in [5, 5.41) is 3.12. The Hall–Kier alpha value is -0.900. The molecule has 23 heavy (non-hydrogen) atoms. The molecule has 0 amide bonds. The number of benzene rings is 1. The van der Waals surface area contributed by atoms with E-state index < -0.39 is 32.5 Å². The summed E-state index contributed by atoms with van der Waals surface area (Å²) >= 11 is 0. The molecule has 1 saturated heterocycles. The van der Waals surface area contributed by atoms with Crippen molar-refractivity contribution in [2.24, 2.45) is 5.92 Å². The van der Waals surface area contributed by atoms with Crippen molar-refractivity contribution in [1.29, 1.82) is 0 Å². The topological polar surface area (TPSA) is 58.2 Å². The molecule has 1 aromatic carbocycles. The van der Waals surface area contributed by atoms with Gasteiger partial charge in [-0.2, -0.15) is 13.2 Å². The van der Waals surface area contributed by atoms with Crippen LogP contribution in [0.25, 0.3) is 0 Å². The van der Waals surface area contributed by atoms with Gasteiger partial charge in [-0.1, -0.05) is 0 Å². The summed E-state index contributed by atoms with van der Waals surface area (Å²) in [6.07, 6.45) is -3.50. The van der Waals surface area contributed by atoms with Gasteiger partial charge in [0.2, 0.25) is 10.0 Å². The molecule has 0 spiro atoms. The molecule has 10 heteroatoms. The Kier molecular flexibility index (Phi) is 6.81. The first kappa shape index (κ1) is 20.1. The number of nitrogens with one attached hydrogen (secondary N) is 2. The highest BCUT2D eigenvalue weighted by Gasteiger charge is 2.37. The first-order valence-corrected chi connectivity index (χ1v) is 8.25. The molecule has 4 nitrogen and oxygen atoms in total. The number of halogens is 5. The third kappa shape index (κ3) is 5.30. The normalized spacial score (nSPS) is 18.7. The van der Waals surface area contributed by atoms with E-state index in [1.807, 2.05) is 0 Å². The standard InChI is InChI=1S/C13H16F4N2O2S.ClH/c14-10-1-2-12(11(7-10)13(15,16)17)22(20,21)19-6-4-9-3-5-18-8-9;/h1-2,7,9,18-19H,3-6,8H2;1H. The summed E-state index contributed by atoms with van der Waals surface area (Å²) in [5.74, 6) is -0.832. The van der Waals surface area contributed by atoms with Gasteiger partial charge in [0.05, 0.1) is 10.5 Å². The summed E-state index contributed by atoms with van der Waals surface area (Å²) in [4.78, 5) is -0.953. The van der Waals surface area contributed by atoms with Crippen LogP contribution in [0.3, 0.4) is 0 Å². The Morgan fingerprint density at radius 2 is 2.00 bits per heavy atom. The molecule has 1 aliphatic rings. The number of alkyl halides is 3. The highest BCUT2D eigenvalue weighted by atomic mass is 35.5. The summed E-state index contributed by atoms with van der Waals surface area (Å²) in [6, 6.07) is 1.53. The second-order valence-electron chi connectivity index (χ2n) is 5.18. The Balaban J connectivity index is 0.00000264. The van der Waals surface area contributed by atoms with Crippen molar-refractivity contribution < 1.29 is 26.0 Å². The Labute approximate surface area is 138 Å². The van der Waals surface area contributed by atoms with Crippen molar-refractivity contribution in [3.63, 3.8) is 0 Å². The molecule has 1 atom stereocenters. The van der Waals surface area contributed by atoms with Crippen LogP contribution in [0.1, 0.15) is 18.4 Å². The molecule has 1 aliphatic heterocycles. The minimum absolute atomic E-state index is 0. The number of hydrogen-bond donors (Lipinski definition) is 2. The fourth-order valence-electron chi connectivity index (χ4n) is 2.39. The van der Waals surface area contributed by atoms with E-state index in [0.29, 0.717) is 24.5 Å². The quantitative estimate of drug-likeness (QED) is 0.776. The average Bonchev–Trinajstić information content (AvgIpc) is 2.90. The molecule has 0 aromatic heterocycles. The summed E-state index contributed by atoms with van der Waals surface area (Å²) in [7, 11) is -4.34. The fraction of sp³-hybridized carbons (Fsp3) is 0.538. The van der Waals surface area contributed by atoms with Crippen LogP contribution in [0.4, 0.5) is 17.6 Å². The van der Waals surface area contributed by atoms with Gasteiger partial charge in [0.25, 0.3) is 0 Å².